The van der Waals surface area contributed by atoms with Crippen LogP contribution in [0, 0.1) is 17.9 Å². The molecule has 23 heavy (non-hydrogen) atoms. The van der Waals surface area contributed by atoms with Crippen molar-refractivity contribution in [3.8, 4) is 0 Å². The van der Waals surface area contributed by atoms with E-state index in [1.165, 1.54) is 22.0 Å². The van der Waals surface area contributed by atoms with Crippen molar-refractivity contribution in [1.29, 1.82) is 0 Å². The van der Waals surface area contributed by atoms with Gasteiger partial charge in [-0.1, -0.05) is 32.1 Å². The molecule has 4 rings (SSSR count). The summed E-state index contributed by atoms with van der Waals surface area (Å²) in [6, 6.07) is 6.57. The van der Waals surface area contributed by atoms with Crippen molar-refractivity contribution in [2.24, 2.45) is 11.3 Å². The van der Waals surface area contributed by atoms with Gasteiger partial charge in [-0.25, -0.2) is 6.57 Å². The van der Waals surface area contributed by atoms with Crippen molar-refractivity contribution >= 4 is 10.9 Å². The van der Waals surface area contributed by atoms with E-state index in [0.717, 1.165) is 12.8 Å². The zero-order valence-corrected chi connectivity index (χ0v) is 14.2. The first kappa shape index (κ1) is 14.6. The van der Waals surface area contributed by atoms with Crippen LogP contribution in [0.15, 0.2) is 37.1 Å². The summed E-state index contributed by atoms with van der Waals surface area (Å²) in [6.07, 6.45) is 6.41. The van der Waals surface area contributed by atoms with Crippen LogP contribution in [0.1, 0.15) is 50.7 Å². The fourth-order valence-electron chi connectivity index (χ4n) is 5.28. The van der Waals surface area contributed by atoms with Crippen molar-refractivity contribution in [3.63, 3.8) is 0 Å². The predicted molar refractivity (Wildman–Crippen MR) is 95.5 cm³/mol. The Balaban J connectivity index is 2.02. The average Bonchev–Trinajstić information content (AvgIpc) is 2.97. The fourth-order valence-corrected chi connectivity index (χ4v) is 5.28. The topological polar surface area (TPSA) is 20.1 Å². The molecule has 0 radical (unpaired) electrons. The Labute approximate surface area is 138 Å². The zero-order chi connectivity index (χ0) is 16.4. The maximum Gasteiger partial charge on any atom is 0.239 e. The summed E-state index contributed by atoms with van der Waals surface area (Å²) < 4.78 is 0. The number of aromatic nitrogens is 1. The normalized spacial score (nSPS) is 34.6. The van der Waals surface area contributed by atoms with Crippen LogP contribution in [0.2, 0.25) is 0 Å². The molecular formula is C21H24N2. The van der Waals surface area contributed by atoms with Crippen LogP contribution in [-0.2, 0) is 5.41 Å². The highest BCUT2D eigenvalue weighted by molar-refractivity contribution is 5.89. The molecule has 1 fully saturated rings. The van der Waals surface area contributed by atoms with Crippen LogP contribution in [0.5, 0.6) is 0 Å². The van der Waals surface area contributed by atoms with Crippen molar-refractivity contribution in [1.82, 2.24) is 4.98 Å². The molecule has 2 nitrogen and oxygen atoms in total. The molecule has 1 heterocycles. The molecule has 1 N–H and O–H groups in total. The number of nitrogens with zero attached hydrogens (tertiary/aromatic N) is 1. The lowest BCUT2D eigenvalue weighted by molar-refractivity contribution is 0.119. The molecule has 0 amide bonds. The number of fused-ring (bicyclic) bond motifs is 2. The summed E-state index contributed by atoms with van der Waals surface area (Å²) in [5.41, 5.74) is 4.02. The molecule has 2 aliphatic carbocycles. The molecule has 2 heteroatoms. The lowest BCUT2D eigenvalue weighted by Gasteiger charge is -2.50. The van der Waals surface area contributed by atoms with E-state index < -0.39 is 0 Å². The smallest absolute Gasteiger partial charge is 0.239 e. The minimum atomic E-state index is -0.0884. The van der Waals surface area contributed by atoms with Gasteiger partial charge in [0.2, 0.25) is 6.04 Å². The van der Waals surface area contributed by atoms with Gasteiger partial charge < -0.3 is 9.83 Å². The minimum Gasteiger partial charge on any atom is -0.361 e. The zero-order valence-electron chi connectivity index (χ0n) is 14.2. The Bertz CT molecular complexity index is 835. The number of rotatable bonds is 1. The van der Waals surface area contributed by atoms with E-state index in [1.54, 1.807) is 0 Å². The van der Waals surface area contributed by atoms with E-state index in [9.17, 15) is 0 Å². The first-order valence-corrected chi connectivity index (χ1v) is 8.54. The molecule has 4 atom stereocenters. The third-order valence-electron chi connectivity index (χ3n) is 6.77. The Morgan fingerprint density at radius 1 is 1.35 bits per heavy atom. The van der Waals surface area contributed by atoms with Crippen LogP contribution < -0.4 is 0 Å². The molecule has 0 aliphatic heterocycles. The number of aromatic amines is 1. The summed E-state index contributed by atoms with van der Waals surface area (Å²) >= 11 is 0. The van der Waals surface area contributed by atoms with Crippen molar-refractivity contribution in [2.75, 3.05) is 0 Å². The predicted octanol–water partition coefficient (Wildman–Crippen LogP) is 5.43. The lowest BCUT2D eigenvalue weighted by Crippen LogP contribution is -2.49. The molecule has 0 bridgehead atoms. The molecular weight excluding hydrogens is 280 g/mol. The number of nitrogens with one attached hydrogen (secondary N) is 1. The van der Waals surface area contributed by atoms with Crippen molar-refractivity contribution in [2.45, 2.75) is 51.0 Å². The van der Waals surface area contributed by atoms with Gasteiger partial charge in [0.1, 0.15) is 0 Å². The van der Waals surface area contributed by atoms with Crippen molar-refractivity contribution in [3.05, 3.63) is 59.6 Å². The third kappa shape index (κ3) is 1.68. The largest absolute Gasteiger partial charge is 0.361 e. The molecule has 2 aliphatic rings. The van der Waals surface area contributed by atoms with Crippen molar-refractivity contribution < 1.29 is 0 Å². The van der Waals surface area contributed by atoms with E-state index in [1.807, 2.05) is 6.08 Å². The molecule has 2 aromatic rings. The molecule has 1 aromatic heterocycles. The van der Waals surface area contributed by atoms with Crippen LogP contribution in [0.3, 0.4) is 0 Å². The second-order valence-corrected chi connectivity index (χ2v) is 8.15. The van der Waals surface area contributed by atoms with Gasteiger partial charge in [0, 0.05) is 17.1 Å². The number of hydrogen-bond donors (Lipinski definition) is 1. The van der Waals surface area contributed by atoms with Crippen LogP contribution in [0.4, 0.5) is 0 Å². The number of benzene rings is 1. The highest BCUT2D eigenvalue weighted by Crippen LogP contribution is 2.59. The van der Waals surface area contributed by atoms with E-state index in [2.05, 4.69) is 61.6 Å². The molecule has 1 saturated carbocycles. The summed E-state index contributed by atoms with van der Waals surface area (Å²) in [6.45, 7) is 18.9. The number of H-pyrrole nitrogens is 1. The first-order chi connectivity index (χ1) is 10.9. The highest BCUT2D eigenvalue weighted by Gasteiger charge is 2.57. The van der Waals surface area contributed by atoms with Crippen LogP contribution in [0.25, 0.3) is 15.7 Å². The number of hydrogen-bond acceptors (Lipinski definition) is 0. The van der Waals surface area contributed by atoms with Gasteiger partial charge >= 0.3 is 0 Å². The fraction of sp³-hybridized carbons (Fsp3) is 0.476. The second-order valence-electron chi connectivity index (χ2n) is 8.15. The molecule has 118 valence electrons. The van der Waals surface area contributed by atoms with Gasteiger partial charge in [-0.2, -0.15) is 0 Å². The second kappa shape index (κ2) is 4.51. The Hall–Kier alpha value is -2.01. The van der Waals surface area contributed by atoms with Crippen LogP contribution >= 0.6 is 0 Å². The quantitative estimate of drug-likeness (QED) is 0.535. The van der Waals surface area contributed by atoms with Gasteiger partial charge in [-0.3, -0.25) is 0 Å². The molecule has 1 aromatic carbocycles. The molecule has 0 unspecified atom stereocenters. The van der Waals surface area contributed by atoms with Gasteiger partial charge in [0.15, 0.2) is 0 Å². The first-order valence-electron chi connectivity index (χ1n) is 8.54. The molecule has 0 spiro atoms. The summed E-state index contributed by atoms with van der Waals surface area (Å²) in [4.78, 5) is 7.58. The highest BCUT2D eigenvalue weighted by atomic mass is 14.8. The minimum absolute atomic E-state index is 0.0228. The summed E-state index contributed by atoms with van der Waals surface area (Å²) in [5, 5.41) is 1.36. The maximum atomic E-state index is 7.90. The third-order valence-corrected chi connectivity index (χ3v) is 6.77. The van der Waals surface area contributed by atoms with E-state index in [4.69, 9.17) is 6.57 Å². The van der Waals surface area contributed by atoms with E-state index in [-0.39, 0.29) is 16.9 Å². The van der Waals surface area contributed by atoms with Gasteiger partial charge in [-0.15, -0.1) is 6.58 Å². The van der Waals surface area contributed by atoms with Gasteiger partial charge in [0.05, 0.1) is 11.3 Å². The maximum absolute atomic E-state index is 7.90. The summed E-state index contributed by atoms with van der Waals surface area (Å²) in [5.74, 6) is 0.812. The Morgan fingerprint density at radius 2 is 2.13 bits per heavy atom. The average molecular weight is 304 g/mol. The molecule has 0 saturated heterocycles. The standard InChI is InChI=1S/C21H24N2/c1-6-21(4)11-10-15-18(19(21)22-5)13-12-23-16-9-7-8-14(17(13)16)20(15,2)3/h6-9,12,15,18-19,23H,1,10-11H2,2-4H3/t15-,18-,19+,21+/m1/s1. The Morgan fingerprint density at radius 3 is 2.83 bits per heavy atom. The van der Waals surface area contributed by atoms with E-state index in [0.29, 0.717) is 11.8 Å². The van der Waals surface area contributed by atoms with Gasteiger partial charge in [0.25, 0.3) is 0 Å². The Kier molecular flexibility index (Phi) is 2.86. The monoisotopic (exact) mass is 304 g/mol. The van der Waals surface area contributed by atoms with E-state index >= 15 is 0 Å². The summed E-state index contributed by atoms with van der Waals surface area (Å²) in [7, 11) is 0. The SMILES string of the molecule is [C-]#[N+][C@H]1[C@@H]2c3c[nH]c4cccc(c34)C(C)(C)[C@@H]2CC[C@]1(C)C=C. The van der Waals surface area contributed by atoms with Gasteiger partial charge in [-0.05, 0) is 48.3 Å². The van der Waals surface area contributed by atoms with Crippen LogP contribution in [-0.4, -0.2) is 11.0 Å². The lowest BCUT2D eigenvalue weighted by atomic mass is 9.51.